The third-order valence-corrected chi connectivity index (χ3v) is 2.31. The van der Waals surface area contributed by atoms with Crippen LogP contribution in [-0.2, 0) is 0 Å². The standard InChI is InChI=1S/C12H12FN/c13-12(8-9-14-10-12)7-6-11-4-2-1-3-5-11/h1-5,14H,8-10H2. The molecule has 72 valence electrons. The summed E-state index contributed by atoms with van der Waals surface area (Å²) in [5.74, 6) is 5.56. The summed E-state index contributed by atoms with van der Waals surface area (Å²) in [5.41, 5.74) is -0.452. The number of nitrogens with one attached hydrogen (secondary N) is 1. The molecule has 1 atom stereocenters. The lowest BCUT2D eigenvalue weighted by Crippen LogP contribution is -2.23. The van der Waals surface area contributed by atoms with E-state index in [-0.39, 0.29) is 0 Å². The Morgan fingerprint density at radius 1 is 1.29 bits per heavy atom. The van der Waals surface area contributed by atoms with Gasteiger partial charge in [-0.1, -0.05) is 30.0 Å². The van der Waals surface area contributed by atoms with E-state index < -0.39 is 5.67 Å². The highest BCUT2D eigenvalue weighted by molar-refractivity contribution is 5.36. The van der Waals surface area contributed by atoms with E-state index in [2.05, 4.69) is 17.2 Å². The van der Waals surface area contributed by atoms with Crippen LogP contribution in [0.1, 0.15) is 12.0 Å². The van der Waals surface area contributed by atoms with Crippen LogP contribution < -0.4 is 5.32 Å². The molecule has 14 heavy (non-hydrogen) atoms. The molecule has 1 aliphatic heterocycles. The van der Waals surface area contributed by atoms with Crippen molar-refractivity contribution >= 4 is 0 Å². The molecule has 1 N–H and O–H groups in total. The van der Waals surface area contributed by atoms with Crippen LogP contribution in [-0.4, -0.2) is 18.8 Å². The molecule has 1 fully saturated rings. The number of halogens is 1. The van der Waals surface area contributed by atoms with Crippen molar-refractivity contribution in [2.45, 2.75) is 12.1 Å². The van der Waals surface area contributed by atoms with Gasteiger partial charge in [-0.25, -0.2) is 4.39 Å². The lowest BCUT2D eigenvalue weighted by atomic mass is 10.1. The number of rotatable bonds is 0. The largest absolute Gasteiger partial charge is 0.312 e. The minimum Gasteiger partial charge on any atom is -0.312 e. The number of alkyl halides is 1. The molecule has 1 nitrogen and oxygen atoms in total. The summed E-state index contributed by atoms with van der Waals surface area (Å²) in [5, 5.41) is 2.97. The summed E-state index contributed by atoms with van der Waals surface area (Å²) in [4.78, 5) is 0. The number of hydrogen-bond acceptors (Lipinski definition) is 1. The van der Waals surface area contributed by atoms with Gasteiger partial charge in [-0.15, -0.1) is 0 Å². The predicted molar refractivity (Wildman–Crippen MR) is 54.6 cm³/mol. The lowest BCUT2D eigenvalue weighted by Gasteiger charge is -2.07. The second-order valence-electron chi connectivity index (χ2n) is 3.51. The summed E-state index contributed by atoms with van der Waals surface area (Å²) in [6.45, 7) is 1.08. The molecule has 2 rings (SSSR count). The number of benzene rings is 1. The Hall–Kier alpha value is -1.33. The van der Waals surface area contributed by atoms with Gasteiger partial charge >= 0.3 is 0 Å². The van der Waals surface area contributed by atoms with Gasteiger partial charge in [0.2, 0.25) is 0 Å². The average molecular weight is 189 g/mol. The molecule has 0 aromatic heterocycles. The van der Waals surface area contributed by atoms with Crippen molar-refractivity contribution in [1.82, 2.24) is 5.32 Å². The third-order valence-electron chi connectivity index (χ3n) is 2.31. The molecule has 1 unspecified atom stereocenters. The molecule has 0 amide bonds. The summed E-state index contributed by atoms with van der Waals surface area (Å²) in [6.07, 6.45) is 0.493. The maximum Gasteiger partial charge on any atom is 0.184 e. The van der Waals surface area contributed by atoms with Gasteiger partial charge in [0.1, 0.15) is 0 Å². The van der Waals surface area contributed by atoms with Crippen LogP contribution in [0.15, 0.2) is 30.3 Å². The van der Waals surface area contributed by atoms with Crippen molar-refractivity contribution in [3.63, 3.8) is 0 Å². The fourth-order valence-electron chi connectivity index (χ4n) is 1.47. The van der Waals surface area contributed by atoms with Gasteiger partial charge in [0.05, 0.1) is 0 Å². The molecule has 0 spiro atoms. The average Bonchev–Trinajstić information content (AvgIpc) is 2.65. The zero-order chi connectivity index (χ0) is 9.86. The fourth-order valence-corrected chi connectivity index (χ4v) is 1.47. The monoisotopic (exact) mass is 189 g/mol. The van der Waals surface area contributed by atoms with E-state index in [0.717, 1.165) is 12.1 Å². The summed E-state index contributed by atoms with van der Waals surface area (Å²) in [6, 6.07) is 9.51. The van der Waals surface area contributed by atoms with Crippen LogP contribution in [0.4, 0.5) is 4.39 Å². The Morgan fingerprint density at radius 2 is 2.07 bits per heavy atom. The van der Waals surface area contributed by atoms with Gasteiger partial charge in [-0.2, -0.15) is 0 Å². The minimum absolute atomic E-state index is 0.354. The second-order valence-corrected chi connectivity index (χ2v) is 3.51. The third kappa shape index (κ3) is 2.12. The molecule has 0 aliphatic carbocycles. The van der Waals surface area contributed by atoms with Crippen molar-refractivity contribution in [2.75, 3.05) is 13.1 Å². The van der Waals surface area contributed by atoms with Crippen LogP contribution in [0.5, 0.6) is 0 Å². The Labute approximate surface area is 83.3 Å². The molecule has 1 aromatic carbocycles. The molecule has 1 aromatic rings. The van der Waals surface area contributed by atoms with Gasteiger partial charge < -0.3 is 5.32 Å². The van der Waals surface area contributed by atoms with Crippen molar-refractivity contribution in [3.8, 4) is 11.8 Å². The lowest BCUT2D eigenvalue weighted by molar-refractivity contribution is 0.271. The Morgan fingerprint density at radius 3 is 2.71 bits per heavy atom. The normalized spacial score (nSPS) is 25.5. The SMILES string of the molecule is FC1(C#Cc2ccccc2)CCNC1. The van der Waals surface area contributed by atoms with Crippen molar-refractivity contribution < 1.29 is 4.39 Å². The van der Waals surface area contributed by atoms with E-state index in [0.29, 0.717) is 13.0 Å². The van der Waals surface area contributed by atoms with Gasteiger partial charge in [-0.3, -0.25) is 0 Å². The Balaban J connectivity index is 2.14. The van der Waals surface area contributed by atoms with E-state index in [4.69, 9.17) is 0 Å². The van der Waals surface area contributed by atoms with Crippen LogP contribution in [0.3, 0.4) is 0 Å². The molecule has 1 heterocycles. The van der Waals surface area contributed by atoms with Crippen molar-refractivity contribution in [1.29, 1.82) is 0 Å². The highest BCUT2D eigenvalue weighted by Crippen LogP contribution is 2.18. The van der Waals surface area contributed by atoms with Crippen LogP contribution in [0, 0.1) is 11.8 Å². The highest BCUT2D eigenvalue weighted by Gasteiger charge is 2.31. The maximum atomic E-state index is 13.8. The quantitative estimate of drug-likeness (QED) is 0.613. The van der Waals surface area contributed by atoms with E-state index in [1.54, 1.807) is 0 Å². The number of hydrogen-bond donors (Lipinski definition) is 1. The van der Waals surface area contributed by atoms with Gasteiger partial charge in [0, 0.05) is 18.5 Å². The first-order valence-electron chi connectivity index (χ1n) is 4.76. The Bertz CT molecular complexity index is 355. The van der Waals surface area contributed by atoms with Crippen LogP contribution in [0.2, 0.25) is 0 Å². The zero-order valence-electron chi connectivity index (χ0n) is 7.89. The maximum absolute atomic E-state index is 13.8. The fraction of sp³-hybridized carbons (Fsp3) is 0.333. The first-order valence-corrected chi connectivity index (χ1v) is 4.76. The van der Waals surface area contributed by atoms with Crippen LogP contribution >= 0.6 is 0 Å². The molecule has 1 aliphatic rings. The molecular formula is C12H12FN. The summed E-state index contributed by atoms with van der Waals surface area (Å²) in [7, 11) is 0. The van der Waals surface area contributed by atoms with Gasteiger partial charge in [-0.05, 0) is 18.7 Å². The molecule has 1 saturated heterocycles. The van der Waals surface area contributed by atoms with E-state index >= 15 is 0 Å². The molecule has 2 heteroatoms. The second kappa shape index (κ2) is 3.81. The summed E-state index contributed by atoms with van der Waals surface area (Å²) < 4.78 is 13.8. The first kappa shape index (κ1) is 9.23. The van der Waals surface area contributed by atoms with E-state index in [1.165, 1.54) is 0 Å². The molecule has 0 radical (unpaired) electrons. The van der Waals surface area contributed by atoms with E-state index in [1.807, 2.05) is 30.3 Å². The topological polar surface area (TPSA) is 12.0 Å². The molecule has 0 bridgehead atoms. The predicted octanol–water partition coefficient (Wildman–Crippen LogP) is 1.74. The van der Waals surface area contributed by atoms with Gasteiger partial charge in [0.15, 0.2) is 5.67 Å². The van der Waals surface area contributed by atoms with E-state index in [9.17, 15) is 4.39 Å². The first-order chi connectivity index (χ1) is 6.79. The van der Waals surface area contributed by atoms with Crippen LogP contribution in [0.25, 0.3) is 0 Å². The van der Waals surface area contributed by atoms with Crippen molar-refractivity contribution in [2.24, 2.45) is 0 Å². The highest BCUT2D eigenvalue weighted by atomic mass is 19.1. The molecular weight excluding hydrogens is 177 g/mol. The molecule has 0 saturated carbocycles. The van der Waals surface area contributed by atoms with Crippen molar-refractivity contribution in [3.05, 3.63) is 35.9 Å². The minimum atomic E-state index is -1.32. The summed E-state index contributed by atoms with van der Waals surface area (Å²) >= 11 is 0. The Kier molecular flexibility index (Phi) is 2.51. The van der Waals surface area contributed by atoms with Gasteiger partial charge in [0.25, 0.3) is 0 Å². The zero-order valence-corrected chi connectivity index (χ0v) is 7.89. The smallest absolute Gasteiger partial charge is 0.184 e.